The lowest BCUT2D eigenvalue weighted by atomic mass is 10.1. The molecular weight excluding hydrogens is 494 g/mol. The van der Waals surface area contributed by atoms with E-state index in [9.17, 15) is 31.1 Å². The Morgan fingerprint density at radius 1 is 0.889 bits per heavy atom. The number of nitrogens with zero attached hydrogens (tertiary/aromatic N) is 3. The van der Waals surface area contributed by atoms with Crippen molar-refractivity contribution in [2.75, 3.05) is 19.5 Å². The van der Waals surface area contributed by atoms with E-state index in [-0.39, 0.29) is 28.3 Å². The van der Waals surface area contributed by atoms with E-state index in [1.807, 2.05) is 0 Å². The van der Waals surface area contributed by atoms with Crippen LogP contribution in [0.1, 0.15) is 21.7 Å². The Hall–Kier alpha value is -4.29. The van der Waals surface area contributed by atoms with Crippen LogP contribution in [0.15, 0.2) is 54.6 Å². The minimum atomic E-state index is -4.87. The van der Waals surface area contributed by atoms with Crippen LogP contribution in [0.3, 0.4) is 0 Å². The first kappa shape index (κ1) is 24.8. The molecule has 188 valence electrons. The van der Waals surface area contributed by atoms with Gasteiger partial charge in [-0.3, -0.25) is 4.79 Å². The van der Waals surface area contributed by atoms with Crippen molar-refractivity contribution in [2.24, 2.45) is 0 Å². The SMILES string of the molecule is COc1ccc(-c2cc(C(F)(F)F)n3nc(C(=O)Nc4cccc(C(F)(F)F)c4)cc3n2)cc1OC. The number of ether oxygens (including phenoxy) is 2. The number of halogens is 6. The molecule has 13 heteroatoms. The molecule has 1 amide bonds. The lowest BCUT2D eigenvalue weighted by molar-refractivity contribution is -0.142. The molecule has 0 radical (unpaired) electrons. The number of benzene rings is 2. The number of fused-ring (bicyclic) bond motifs is 1. The maximum atomic E-state index is 13.9. The van der Waals surface area contributed by atoms with Crippen LogP contribution in [0.25, 0.3) is 16.9 Å². The third-order valence-corrected chi connectivity index (χ3v) is 5.08. The molecule has 36 heavy (non-hydrogen) atoms. The molecule has 7 nitrogen and oxygen atoms in total. The molecule has 2 aromatic carbocycles. The van der Waals surface area contributed by atoms with Gasteiger partial charge in [-0.15, -0.1) is 0 Å². The van der Waals surface area contributed by atoms with Gasteiger partial charge in [0.05, 0.1) is 25.5 Å². The summed E-state index contributed by atoms with van der Waals surface area (Å²) in [4.78, 5) is 16.8. The molecule has 0 atom stereocenters. The Labute approximate surface area is 199 Å². The summed E-state index contributed by atoms with van der Waals surface area (Å²) in [6.45, 7) is 0. The number of carbonyl (C=O) groups excluding carboxylic acids is 1. The van der Waals surface area contributed by atoms with E-state index in [0.29, 0.717) is 16.3 Å². The summed E-state index contributed by atoms with van der Waals surface area (Å²) in [5.41, 5.74) is -3.01. The van der Waals surface area contributed by atoms with Gasteiger partial charge in [-0.1, -0.05) is 6.07 Å². The number of methoxy groups -OCH3 is 2. The number of rotatable bonds is 5. The van der Waals surface area contributed by atoms with Gasteiger partial charge in [-0.25, -0.2) is 9.50 Å². The zero-order chi connectivity index (χ0) is 26.3. The van der Waals surface area contributed by atoms with Crippen molar-refractivity contribution in [2.45, 2.75) is 12.4 Å². The smallest absolute Gasteiger partial charge is 0.433 e. The number of anilines is 1. The van der Waals surface area contributed by atoms with E-state index in [4.69, 9.17) is 9.47 Å². The minimum Gasteiger partial charge on any atom is -0.493 e. The van der Waals surface area contributed by atoms with Crippen molar-refractivity contribution >= 4 is 17.2 Å². The van der Waals surface area contributed by atoms with Gasteiger partial charge in [0.1, 0.15) is 0 Å². The first-order valence-electron chi connectivity index (χ1n) is 10.1. The first-order chi connectivity index (χ1) is 16.9. The van der Waals surface area contributed by atoms with Gasteiger partial charge in [0.25, 0.3) is 5.91 Å². The number of carbonyl (C=O) groups is 1. The standard InChI is InChI=1S/C23H16F6N4O3/c1-35-17-7-6-12(8-18(17)36-2)15-10-19(23(27,28)29)33-20(31-15)11-16(32-33)21(34)30-14-5-3-4-13(9-14)22(24,25)26/h3-11H,1-2H3,(H,30,34). The number of hydrogen-bond acceptors (Lipinski definition) is 5. The second-order valence-electron chi connectivity index (χ2n) is 7.43. The maximum absolute atomic E-state index is 13.9. The van der Waals surface area contributed by atoms with Gasteiger partial charge in [-0.05, 0) is 42.5 Å². The van der Waals surface area contributed by atoms with Crippen LogP contribution in [-0.4, -0.2) is 34.7 Å². The fourth-order valence-electron chi connectivity index (χ4n) is 3.40. The zero-order valence-corrected chi connectivity index (χ0v) is 18.5. The molecule has 0 fully saturated rings. The zero-order valence-electron chi connectivity index (χ0n) is 18.5. The molecule has 4 aromatic rings. The van der Waals surface area contributed by atoms with Crippen molar-refractivity contribution in [1.29, 1.82) is 0 Å². The first-order valence-corrected chi connectivity index (χ1v) is 10.1. The second kappa shape index (κ2) is 9.06. The third kappa shape index (κ3) is 4.90. The van der Waals surface area contributed by atoms with E-state index in [0.717, 1.165) is 24.3 Å². The number of aromatic nitrogens is 3. The summed E-state index contributed by atoms with van der Waals surface area (Å²) in [6.07, 6.45) is -9.51. The maximum Gasteiger partial charge on any atom is 0.433 e. The molecule has 0 unspecified atom stereocenters. The topological polar surface area (TPSA) is 77.8 Å². The highest BCUT2D eigenvalue weighted by Crippen LogP contribution is 2.36. The molecule has 4 rings (SSSR count). The van der Waals surface area contributed by atoms with Crippen LogP contribution in [0, 0.1) is 0 Å². The lowest BCUT2D eigenvalue weighted by Gasteiger charge is -2.12. The minimum absolute atomic E-state index is 0.0829. The van der Waals surface area contributed by atoms with Crippen molar-refractivity contribution in [1.82, 2.24) is 14.6 Å². The summed E-state index contributed by atoms with van der Waals surface area (Å²) in [6, 6.07) is 9.99. The van der Waals surface area contributed by atoms with Crippen LogP contribution in [0.2, 0.25) is 0 Å². The summed E-state index contributed by atoms with van der Waals surface area (Å²) in [5.74, 6) is -0.392. The Kier molecular flexibility index (Phi) is 6.24. The predicted molar refractivity (Wildman–Crippen MR) is 116 cm³/mol. The number of alkyl halides is 6. The van der Waals surface area contributed by atoms with Crippen molar-refractivity contribution in [3.05, 3.63) is 71.5 Å². The van der Waals surface area contributed by atoms with Crippen molar-refractivity contribution < 1.29 is 40.6 Å². The van der Waals surface area contributed by atoms with Crippen LogP contribution >= 0.6 is 0 Å². The fraction of sp³-hybridized carbons (Fsp3) is 0.174. The van der Waals surface area contributed by atoms with Gasteiger partial charge in [0.15, 0.2) is 28.5 Å². The molecule has 0 saturated carbocycles. The summed E-state index contributed by atoms with van der Waals surface area (Å²) in [5, 5.41) is 5.91. The van der Waals surface area contributed by atoms with E-state index in [1.54, 1.807) is 0 Å². The third-order valence-electron chi connectivity index (χ3n) is 5.08. The Balaban J connectivity index is 1.76. The Morgan fingerprint density at radius 3 is 2.25 bits per heavy atom. The lowest BCUT2D eigenvalue weighted by Crippen LogP contribution is -2.16. The predicted octanol–water partition coefficient (Wildman–Crippen LogP) is 5.70. The summed E-state index contributed by atoms with van der Waals surface area (Å²) >= 11 is 0. The summed E-state index contributed by atoms with van der Waals surface area (Å²) in [7, 11) is 2.77. The molecule has 2 aromatic heterocycles. The average molecular weight is 510 g/mol. The Bertz CT molecular complexity index is 1450. The monoisotopic (exact) mass is 510 g/mol. The van der Waals surface area contributed by atoms with Gasteiger partial charge < -0.3 is 14.8 Å². The molecule has 0 aliphatic carbocycles. The van der Waals surface area contributed by atoms with Gasteiger partial charge in [0, 0.05) is 17.3 Å². The molecule has 0 bridgehead atoms. The normalized spacial score (nSPS) is 12.0. The summed E-state index contributed by atoms with van der Waals surface area (Å²) < 4.78 is 91.1. The largest absolute Gasteiger partial charge is 0.493 e. The van der Waals surface area contributed by atoms with E-state index < -0.39 is 35.2 Å². The van der Waals surface area contributed by atoms with Crippen LogP contribution in [0.5, 0.6) is 11.5 Å². The number of amides is 1. The molecule has 0 aliphatic rings. The van der Waals surface area contributed by atoms with Crippen molar-refractivity contribution in [3.63, 3.8) is 0 Å². The average Bonchev–Trinajstić information content (AvgIpc) is 3.26. The van der Waals surface area contributed by atoms with Crippen LogP contribution in [-0.2, 0) is 12.4 Å². The highest BCUT2D eigenvalue weighted by Gasteiger charge is 2.36. The Morgan fingerprint density at radius 2 is 1.61 bits per heavy atom. The highest BCUT2D eigenvalue weighted by atomic mass is 19.4. The van der Waals surface area contributed by atoms with E-state index in [1.165, 1.54) is 38.5 Å². The highest BCUT2D eigenvalue weighted by molar-refractivity contribution is 6.03. The van der Waals surface area contributed by atoms with Crippen molar-refractivity contribution in [3.8, 4) is 22.8 Å². The van der Waals surface area contributed by atoms with Gasteiger partial charge >= 0.3 is 12.4 Å². The van der Waals surface area contributed by atoms with Crippen LogP contribution < -0.4 is 14.8 Å². The van der Waals surface area contributed by atoms with E-state index in [2.05, 4.69) is 15.4 Å². The second-order valence-corrected chi connectivity index (χ2v) is 7.43. The number of hydrogen-bond donors (Lipinski definition) is 1. The van der Waals surface area contributed by atoms with Gasteiger partial charge in [0.2, 0.25) is 0 Å². The van der Waals surface area contributed by atoms with Crippen LogP contribution in [0.4, 0.5) is 32.0 Å². The molecular formula is C23H16F6N4O3. The molecule has 0 saturated heterocycles. The number of nitrogens with one attached hydrogen (secondary N) is 1. The quantitative estimate of drug-likeness (QED) is 0.349. The molecule has 1 N–H and O–H groups in total. The van der Waals surface area contributed by atoms with Gasteiger partial charge in [-0.2, -0.15) is 31.4 Å². The molecule has 2 heterocycles. The molecule has 0 aliphatic heterocycles. The fourth-order valence-corrected chi connectivity index (χ4v) is 3.40. The molecule has 0 spiro atoms. The van der Waals surface area contributed by atoms with E-state index >= 15 is 0 Å².